The summed E-state index contributed by atoms with van der Waals surface area (Å²) in [5, 5.41) is 3.14. The van der Waals surface area contributed by atoms with Crippen LogP contribution in [-0.4, -0.2) is 95.4 Å². The number of amides is 2. The van der Waals surface area contributed by atoms with Crippen LogP contribution in [0.1, 0.15) is 65.6 Å². The van der Waals surface area contributed by atoms with Gasteiger partial charge in [0.1, 0.15) is 23.7 Å². The Balaban J connectivity index is 1.52. The lowest BCUT2D eigenvalue weighted by molar-refractivity contribution is -0.140. The van der Waals surface area contributed by atoms with Crippen molar-refractivity contribution in [3.63, 3.8) is 0 Å². The molecule has 2 saturated heterocycles. The van der Waals surface area contributed by atoms with Crippen molar-refractivity contribution < 1.29 is 27.8 Å². The molecule has 0 aromatic carbocycles. The van der Waals surface area contributed by atoms with Crippen LogP contribution in [0.4, 0.5) is 25.3 Å². The number of nitrogens with one attached hydrogen (secondary N) is 1. The third-order valence-electron chi connectivity index (χ3n) is 6.51. The fourth-order valence-electron chi connectivity index (χ4n) is 4.49. The molecule has 2 aliphatic heterocycles. The lowest BCUT2D eigenvalue weighted by atomic mass is 10.1. The molecule has 2 amide bonds. The Hall–Kier alpha value is -2.76. The summed E-state index contributed by atoms with van der Waals surface area (Å²) < 4.78 is 39.8. The lowest BCUT2D eigenvalue weighted by Crippen LogP contribution is -2.55. The summed E-state index contributed by atoms with van der Waals surface area (Å²) in [7, 11) is 0. The summed E-state index contributed by atoms with van der Waals surface area (Å²) in [5.74, 6) is -2.61. The van der Waals surface area contributed by atoms with E-state index in [1.807, 2.05) is 32.6 Å². The zero-order chi connectivity index (χ0) is 28.3. The van der Waals surface area contributed by atoms with Crippen molar-refractivity contribution in [3.05, 3.63) is 11.3 Å². The van der Waals surface area contributed by atoms with Crippen LogP contribution in [0.2, 0.25) is 0 Å². The molecule has 10 nitrogen and oxygen atoms in total. The maximum absolute atomic E-state index is 14.3. The molecule has 1 aromatic heterocycles. The second-order valence-electron chi connectivity index (χ2n) is 11.3. The van der Waals surface area contributed by atoms with Crippen LogP contribution < -0.4 is 10.2 Å². The van der Waals surface area contributed by atoms with Gasteiger partial charge in [-0.05, 0) is 41.0 Å². The summed E-state index contributed by atoms with van der Waals surface area (Å²) in [5.41, 5.74) is -0.522. The topological polar surface area (TPSA) is 100 Å². The van der Waals surface area contributed by atoms with E-state index in [0.717, 1.165) is 19.8 Å². The number of carbonyl (C=O) groups is 2. The number of nitrogens with zero attached hydrogens (tertiary/aromatic N) is 5. The van der Waals surface area contributed by atoms with Gasteiger partial charge in [-0.15, -0.1) is 0 Å². The van der Waals surface area contributed by atoms with Gasteiger partial charge in [-0.1, -0.05) is 13.3 Å². The monoisotopic (exact) mass is 540 g/mol. The van der Waals surface area contributed by atoms with Crippen molar-refractivity contribution in [2.75, 3.05) is 56.1 Å². The van der Waals surface area contributed by atoms with Gasteiger partial charge in [0.2, 0.25) is 11.9 Å². The molecule has 2 fully saturated rings. The predicted molar refractivity (Wildman–Crippen MR) is 141 cm³/mol. The Bertz CT molecular complexity index is 983. The number of hydrogen-bond acceptors (Lipinski definition) is 8. The number of ether oxygens (including phenoxy) is 2. The fraction of sp³-hybridized carbons (Fsp3) is 0.769. The highest BCUT2D eigenvalue weighted by Crippen LogP contribution is 2.35. The van der Waals surface area contributed by atoms with Gasteiger partial charge < -0.3 is 29.5 Å². The molecule has 0 saturated carbocycles. The van der Waals surface area contributed by atoms with Crippen molar-refractivity contribution >= 4 is 23.8 Å². The SMILES string of the molecule is CCC[C@H](C)Nc1nc(N2CC(OCC(=O)N3CCN(C(=O)OC(C)(C)C)CC3)C2)c(C)c(C(C)(F)F)n1. The molecular formula is C26H42F2N6O4. The first-order valence-corrected chi connectivity index (χ1v) is 13.3. The van der Waals surface area contributed by atoms with Gasteiger partial charge >= 0.3 is 6.09 Å². The van der Waals surface area contributed by atoms with E-state index >= 15 is 0 Å². The largest absolute Gasteiger partial charge is 0.444 e. The first kappa shape index (κ1) is 29.8. The minimum absolute atomic E-state index is 0.0540. The average molecular weight is 541 g/mol. The first-order valence-electron chi connectivity index (χ1n) is 13.3. The van der Waals surface area contributed by atoms with Gasteiger partial charge in [0, 0.05) is 57.8 Å². The Morgan fingerprint density at radius 1 is 1.08 bits per heavy atom. The van der Waals surface area contributed by atoms with Crippen molar-refractivity contribution in [2.45, 2.75) is 85.0 Å². The molecule has 0 aliphatic carbocycles. The van der Waals surface area contributed by atoms with Gasteiger partial charge in [-0.2, -0.15) is 13.8 Å². The van der Waals surface area contributed by atoms with E-state index in [1.165, 1.54) is 0 Å². The highest BCUT2D eigenvalue weighted by Gasteiger charge is 2.36. The first-order chi connectivity index (χ1) is 17.7. The van der Waals surface area contributed by atoms with E-state index in [4.69, 9.17) is 9.47 Å². The third-order valence-corrected chi connectivity index (χ3v) is 6.51. The second kappa shape index (κ2) is 12.0. The maximum Gasteiger partial charge on any atom is 0.410 e. The zero-order valence-corrected chi connectivity index (χ0v) is 23.6. The Kier molecular flexibility index (Phi) is 9.38. The number of halogens is 2. The summed E-state index contributed by atoms with van der Waals surface area (Å²) >= 11 is 0. The molecule has 2 aliphatic rings. The van der Waals surface area contributed by atoms with E-state index in [1.54, 1.807) is 16.7 Å². The van der Waals surface area contributed by atoms with Crippen molar-refractivity contribution in [1.29, 1.82) is 0 Å². The van der Waals surface area contributed by atoms with Crippen molar-refractivity contribution in [3.8, 4) is 0 Å². The molecule has 0 radical (unpaired) electrons. The second-order valence-corrected chi connectivity index (χ2v) is 11.3. The van der Waals surface area contributed by atoms with E-state index < -0.39 is 11.5 Å². The zero-order valence-electron chi connectivity index (χ0n) is 23.6. The van der Waals surface area contributed by atoms with Crippen LogP contribution in [0.25, 0.3) is 0 Å². The molecule has 1 N–H and O–H groups in total. The molecule has 3 heterocycles. The third kappa shape index (κ3) is 7.87. The molecule has 0 spiro atoms. The Morgan fingerprint density at radius 3 is 2.24 bits per heavy atom. The van der Waals surface area contributed by atoms with Crippen LogP contribution in [0.15, 0.2) is 0 Å². The number of piperazine rings is 1. The molecule has 1 aromatic rings. The molecule has 0 unspecified atom stereocenters. The van der Waals surface area contributed by atoms with Crippen LogP contribution >= 0.6 is 0 Å². The lowest BCUT2D eigenvalue weighted by Gasteiger charge is -2.41. The van der Waals surface area contributed by atoms with Crippen LogP contribution in [0, 0.1) is 6.92 Å². The molecular weight excluding hydrogens is 498 g/mol. The van der Waals surface area contributed by atoms with Crippen LogP contribution in [0.3, 0.4) is 0 Å². The summed E-state index contributed by atoms with van der Waals surface area (Å²) in [6.07, 6.45) is 1.23. The summed E-state index contributed by atoms with van der Waals surface area (Å²) in [6.45, 7) is 14.4. The predicted octanol–water partition coefficient (Wildman–Crippen LogP) is 3.78. The van der Waals surface area contributed by atoms with Gasteiger partial charge in [0.25, 0.3) is 5.92 Å². The van der Waals surface area contributed by atoms with E-state index in [2.05, 4.69) is 22.2 Å². The summed E-state index contributed by atoms with van der Waals surface area (Å²) in [4.78, 5) is 38.7. The molecule has 12 heteroatoms. The van der Waals surface area contributed by atoms with Gasteiger partial charge in [-0.3, -0.25) is 4.79 Å². The molecule has 214 valence electrons. The minimum atomic E-state index is -3.10. The van der Waals surface area contributed by atoms with Crippen molar-refractivity contribution in [1.82, 2.24) is 19.8 Å². The van der Waals surface area contributed by atoms with E-state index in [-0.39, 0.29) is 42.4 Å². The quantitative estimate of drug-likeness (QED) is 0.505. The number of rotatable bonds is 9. The molecule has 3 rings (SSSR count). The fourth-order valence-corrected chi connectivity index (χ4v) is 4.49. The molecule has 38 heavy (non-hydrogen) atoms. The highest BCUT2D eigenvalue weighted by molar-refractivity contribution is 5.78. The highest BCUT2D eigenvalue weighted by atomic mass is 19.3. The van der Waals surface area contributed by atoms with Gasteiger partial charge in [0.15, 0.2) is 0 Å². The van der Waals surface area contributed by atoms with Crippen LogP contribution in [0.5, 0.6) is 0 Å². The van der Waals surface area contributed by atoms with Gasteiger partial charge in [0.05, 0.1) is 6.10 Å². The minimum Gasteiger partial charge on any atom is -0.444 e. The number of alkyl halides is 2. The number of hydrogen-bond donors (Lipinski definition) is 1. The Morgan fingerprint density at radius 2 is 1.68 bits per heavy atom. The maximum atomic E-state index is 14.3. The van der Waals surface area contributed by atoms with E-state index in [0.29, 0.717) is 50.6 Å². The Labute approximate surface area is 224 Å². The number of aromatic nitrogens is 2. The molecule has 1 atom stereocenters. The number of carbonyl (C=O) groups excluding carboxylic acids is 2. The standard InChI is InChI=1S/C26H42F2N6O4/c1-8-9-17(2)29-23-30-21(26(7,27)28)18(3)22(31-23)34-14-19(15-34)37-16-20(35)32-10-12-33(13-11-32)24(36)38-25(4,5)6/h17,19H,8-16H2,1-7H3,(H,29,30,31)/t17-/m0/s1. The average Bonchev–Trinajstić information content (AvgIpc) is 2.78. The van der Waals surface area contributed by atoms with Crippen LogP contribution in [-0.2, 0) is 20.2 Å². The van der Waals surface area contributed by atoms with Gasteiger partial charge in [-0.25, -0.2) is 9.78 Å². The van der Waals surface area contributed by atoms with E-state index in [9.17, 15) is 18.4 Å². The normalized spacial score (nSPS) is 17.8. The van der Waals surface area contributed by atoms with Crippen molar-refractivity contribution in [2.24, 2.45) is 0 Å². The molecule has 0 bridgehead atoms. The summed E-state index contributed by atoms with van der Waals surface area (Å²) in [6, 6.07) is 0.0540. The smallest absolute Gasteiger partial charge is 0.410 e. The number of anilines is 2.